The molecule has 5 heteroatoms. The van der Waals surface area contributed by atoms with Crippen LogP contribution in [0.15, 0.2) is 30.3 Å². The summed E-state index contributed by atoms with van der Waals surface area (Å²) < 4.78 is 5.29. The summed E-state index contributed by atoms with van der Waals surface area (Å²) in [6.45, 7) is 3.50. The van der Waals surface area contributed by atoms with Gasteiger partial charge in [0.1, 0.15) is 6.61 Å². The van der Waals surface area contributed by atoms with Crippen LogP contribution in [0.2, 0.25) is 0 Å². The van der Waals surface area contributed by atoms with Crippen molar-refractivity contribution in [1.82, 2.24) is 5.32 Å². The molecule has 0 radical (unpaired) electrons. The zero-order chi connectivity index (χ0) is 13.7. The molecule has 0 aromatic heterocycles. The highest BCUT2D eigenvalue weighted by molar-refractivity contribution is 5.85. The van der Waals surface area contributed by atoms with Crippen molar-refractivity contribution in [3.05, 3.63) is 35.9 Å². The summed E-state index contributed by atoms with van der Waals surface area (Å²) in [6, 6.07) is 9.57. The van der Waals surface area contributed by atoms with E-state index in [-0.39, 0.29) is 25.0 Å². The molecule has 0 saturated carbocycles. The van der Waals surface area contributed by atoms with Gasteiger partial charge in [-0.15, -0.1) is 12.4 Å². The Balaban J connectivity index is 0.00000200. The van der Waals surface area contributed by atoms with Crippen molar-refractivity contribution in [3.63, 3.8) is 0 Å². The minimum absolute atomic E-state index is 0. The Morgan fingerprint density at radius 3 is 2.55 bits per heavy atom. The van der Waals surface area contributed by atoms with Crippen LogP contribution in [0.4, 0.5) is 0 Å². The van der Waals surface area contributed by atoms with Gasteiger partial charge in [0, 0.05) is 0 Å². The summed E-state index contributed by atoms with van der Waals surface area (Å²) in [5, 5.41) is 13.6. The van der Waals surface area contributed by atoms with Crippen molar-refractivity contribution in [2.45, 2.75) is 32.0 Å². The molecule has 0 amide bonds. The number of nitrogens with one attached hydrogen (secondary N) is 1. The van der Waals surface area contributed by atoms with Gasteiger partial charge in [-0.2, -0.15) is 0 Å². The molecular formula is C15H22ClNO3. The first kappa shape index (κ1) is 17.0. The topological polar surface area (TPSA) is 58.6 Å². The van der Waals surface area contributed by atoms with E-state index < -0.39 is 11.5 Å². The van der Waals surface area contributed by atoms with E-state index in [1.165, 1.54) is 0 Å². The first-order valence-electron chi connectivity index (χ1n) is 6.75. The molecule has 0 bridgehead atoms. The lowest BCUT2D eigenvalue weighted by Gasteiger charge is -2.36. The first-order chi connectivity index (χ1) is 9.12. The standard InChI is InChI=1S/C15H21NO3.ClH/c1-12(15(18)7-9-16-10-8-15)14(17)19-11-13-5-3-2-4-6-13;/h2-6,12,16,18H,7-11H2,1H3;1H. The van der Waals surface area contributed by atoms with Crippen LogP contribution >= 0.6 is 12.4 Å². The van der Waals surface area contributed by atoms with Crippen molar-refractivity contribution in [2.24, 2.45) is 5.92 Å². The predicted molar refractivity (Wildman–Crippen MR) is 79.7 cm³/mol. The summed E-state index contributed by atoms with van der Waals surface area (Å²) in [6.07, 6.45) is 1.18. The molecule has 1 aliphatic rings. The molecule has 0 aliphatic carbocycles. The molecule has 1 unspecified atom stereocenters. The molecule has 2 rings (SSSR count). The normalized spacial score (nSPS) is 18.7. The maximum Gasteiger partial charge on any atom is 0.311 e. The quantitative estimate of drug-likeness (QED) is 0.834. The van der Waals surface area contributed by atoms with Gasteiger partial charge in [-0.25, -0.2) is 0 Å². The van der Waals surface area contributed by atoms with Gasteiger partial charge in [-0.3, -0.25) is 4.79 Å². The fourth-order valence-electron chi connectivity index (χ4n) is 2.37. The first-order valence-corrected chi connectivity index (χ1v) is 6.75. The third-order valence-corrected chi connectivity index (χ3v) is 3.85. The Labute approximate surface area is 125 Å². The lowest BCUT2D eigenvalue weighted by Crippen LogP contribution is -2.49. The molecule has 0 spiro atoms. The third kappa shape index (κ3) is 4.20. The van der Waals surface area contributed by atoms with Gasteiger partial charge in [-0.1, -0.05) is 30.3 Å². The van der Waals surface area contributed by atoms with E-state index in [0.717, 1.165) is 18.7 Å². The minimum atomic E-state index is -0.932. The Morgan fingerprint density at radius 2 is 1.95 bits per heavy atom. The van der Waals surface area contributed by atoms with Crippen LogP contribution in [0.5, 0.6) is 0 Å². The molecule has 20 heavy (non-hydrogen) atoms. The van der Waals surface area contributed by atoms with E-state index in [9.17, 15) is 9.90 Å². The van der Waals surface area contributed by atoms with E-state index >= 15 is 0 Å². The second kappa shape index (κ2) is 7.62. The average Bonchev–Trinajstić information content (AvgIpc) is 2.46. The van der Waals surface area contributed by atoms with Gasteiger partial charge in [0.15, 0.2) is 0 Å². The SMILES string of the molecule is CC(C(=O)OCc1ccccc1)C1(O)CCNCC1.Cl. The molecule has 1 fully saturated rings. The van der Waals surface area contributed by atoms with E-state index in [2.05, 4.69) is 5.32 Å². The summed E-state index contributed by atoms with van der Waals surface area (Å²) in [4.78, 5) is 12.0. The van der Waals surface area contributed by atoms with E-state index in [0.29, 0.717) is 12.8 Å². The highest BCUT2D eigenvalue weighted by atomic mass is 35.5. The van der Waals surface area contributed by atoms with Crippen molar-refractivity contribution >= 4 is 18.4 Å². The summed E-state index contributed by atoms with van der Waals surface area (Å²) in [5.41, 5.74) is 0.0271. The van der Waals surface area contributed by atoms with Gasteiger partial charge in [0.05, 0.1) is 11.5 Å². The van der Waals surface area contributed by atoms with E-state index in [1.54, 1.807) is 6.92 Å². The number of hydrogen-bond acceptors (Lipinski definition) is 4. The second-order valence-electron chi connectivity index (χ2n) is 5.17. The molecule has 1 atom stereocenters. The zero-order valence-corrected chi connectivity index (χ0v) is 12.5. The van der Waals surface area contributed by atoms with Crippen molar-refractivity contribution in [3.8, 4) is 0 Å². The van der Waals surface area contributed by atoms with Crippen LogP contribution < -0.4 is 5.32 Å². The number of rotatable bonds is 4. The molecule has 2 N–H and O–H groups in total. The smallest absolute Gasteiger partial charge is 0.311 e. The molecule has 112 valence electrons. The number of carbonyl (C=O) groups is 1. The van der Waals surface area contributed by atoms with Crippen molar-refractivity contribution in [1.29, 1.82) is 0 Å². The van der Waals surface area contributed by atoms with E-state index in [1.807, 2.05) is 30.3 Å². The Hall–Kier alpha value is -1.10. The summed E-state index contributed by atoms with van der Waals surface area (Å²) >= 11 is 0. The fourth-order valence-corrected chi connectivity index (χ4v) is 2.37. The van der Waals surface area contributed by atoms with Crippen LogP contribution in [0.1, 0.15) is 25.3 Å². The molecule has 1 aromatic rings. The number of aliphatic hydroxyl groups is 1. The Bertz CT molecular complexity index is 418. The molecule has 1 saturated heterocycles. The lowest BCUT2D eigenvalue weighted by molar-refractivity contribution is -0.160. The largest absolute Gasteiger partial charge is 0.461 e. The summed E-state index contributed by atoms with van der Waals surface area (Å²) in [7, 11) is 0. The van der Waals surface area contributed by atoms with Gasteiger partial charge in [-0.05, 0) is 38.4 Å². The number of benzene rings is 1. The van der Waals surface area contributed by atoms with Gasteiger partial charge in [0.25, 0.3) is 0 Å². The second-order valence-corrected chi connectivity index (χ2v) is 5.17. The predicted octanol–water partition coefficient (Wildman–Crippen LogP) is 1.90. The zero-order valence-electron chi connectivity index (χ0n) is 11.7. The fraction of sp³-hybridized carbons (Fsp3) is 0.533. The Morgan fingerprint density at radius 1 is 1.35 bits per heavy atom. The van der Waals surface area contributed by atoms with Crippen molar-refractivity contribution < 1.29 is 14.6 Å². The minimum Gasteiger partial charge on any atom is -0.461 e. The number of hydrogen-bond donors (Lipinski definition) is 2. The number of ether oxygens (including phenoxy) is 1. The monoisotopic (exact) mass is 299 g/mol. The molecule has 1 aliphatic heterocycles. The molecule has 1 heterocycles. The molecule has 1 aromatic carbocycles. The van der Waals surface area contributed by atoms with Crippen LogP contribution in [-0.4, -0.2) is 29.8 Å². The Kier molecular flexibility index (Phi) is 6.46. The van der Waals surface area contributed by atoms with Gasteiger partial charge in [0.2, 0.25) is 0 Å². The van der Waals surface area contributed by atoms with Crippen molar-refractivity contribution in [2.75, 3.05) is 13.1 Å². The highest BCUT2D eigenvalue weighted by Crippen LogP contribution is 2.28. The van der Waals surface area contributed by atoms with Crippen LogP contribution in [0.3, 0.4) is 0 Å². The third-order valence-electron chi connectivity index (χ3n) is 3.85. The summed E-state index contributed by atoms with van der Waals surface area (Å²) in [5.74, 6) is -0.813. The molecular weight excluding hydrogens is 278 g/mol. The molecule has 4 nitrogen and oxygen atoms in total. The van der Waals surface area contributed by atoms with Crippen LogP contribution in [-0.2, 0) is 16.1 Å². The van der Waals surface area contributed by atoms with Gasteiger partial charge >= 0.3 is 5.97 Å². The number of piperidine rings is 1. The highest BCUT2D eigenvalue weighted by Gasteiger charge is 2.40. The number of esters is 1. The average molecular weight is 300 g/mol. The maximum atomic E-state index is 12.0. The van der Waals surface area contributed by atoms with Gasteiger partial charge < -0.3 is 15.2 Å². The number of carbonyl (C=O) groups excluding carboxylic acids is 1. The maximum absolute atomic E-state index is 12.0. The van der Waals surface area contributed by atoms with Crippen LogP contribution in [0.25, 0.3) is 0 Å². The van der Waals surface area contributed by atoms with E-state index in [4.69, 9.17) is 4.74 Å². The number of halogens is 1. The lowest BCUT2D eigenvalue weighted by atomic mass is 9.81. The van der Waals surface area contributed by atoms with Crippen LogP contribution in [0, 0.1) is 5.92 Å².